The van der Waals surface area contributed by atoms with Crippen LogP contribution in [0, 0.1) is 6.92 Å². The second kappa shape index (κ2) is 7.66. The molecule has 132 valence electrons. The maximum Gasteiger partial charge on any atom is 0.334 e. The molecule has 2 unspecified atom stereocenters. The third-order valence-corrected chi connectivity index (χ3v) is 4.10. The van der Waals surface area contributed by atoms with Crippen molar-refractivity contribution in [2.24, 2.45) is 0 Å². The molecule has 2 rings (SSSR count). The normalized spacial score (nSPS) is 19.2. The summed E-state index contributed by atoms with van der Waals surface area (Å²) in [4.78, 5) is 25.1. The molecule has 6 heteroatoms. The third-order valence-electron chi connectivity index (χ3n) is 4.10. The van der Waals surface area contributed by atoms with E-state index in [1.165, 1.54) is 4.90 Å². The van der Waals surface area contributed by atoms with Gasteiger partial charge >= 0.3 is 5.97 Å². The van der Waals surface area contributed by atoms with E-state index in [0.717, 1.165) is 11.1 Å². The lowest BCUT2D eigenvalue weighted by atomic mass is 10.0. The summed E-state index contributed by atoms with van der Waals surface area (Å²) in [6.45, 7) is 8.46. The van der Waals surface area contributed by atoms with Crippen LogP contribution in [0.1, 0.15) is 37.8 Å². The van der Waals surface area contributed by atoms with E-state index in [-0.39, 0.29) is 25.0 Å². The minimum absolute atomic E-state index is 0.0483. The molecule has 24 heavy (non-hydrogen) atoms. The van der Waals surface area contributed by atoms with Gasteiger partial charge in [0.05, 0.1) is 13.2 Å². The number of morpholine rings is 1. The van der Waals surface area contributed by atoms with Crippen LogP contribution in [-0.4, -0.2) is 53.8 Å². The summed E-state index contributed by atoms with van der Waals surface area (Å²) in [5, 5.41) is 9.05. The van der Waals surface area contributed by atoms with Gasteiger partial charge in [-0.3, -0.25) is 4.79 Å². The Labute approximate surface area is 142 Å². The summed E-state index contributed by atoms with van der Waals surface area (Å²) in [5.74, 6) is -0.292. The molecule has 1 amide bonds. The zero-order valence-electron chi connectivity index (χ0n) is 14.6. The molecule has 1 heterocycles. The van der Waals surface area contributed by atoms with E-state index in [9.17, 15) is 9.59 Å². The minimum atomic E-state index is -1.05. The Morgan fingerprint density at radius 2 is 2.04 bits per heavy atom. The molecule has 0 spiro atoms. The van der Waals surface area contributed by atoms with E-state index in [1.54, 1.807) is 6.92 Å². The van der Waals surface area contributed by atoms with Crippen LogP contribution in [-0.2, 0) is 14.3 Å². The molecule has 1 aliphatic rings. The molecule has 1 aromatic carbocycles. The first-order chi connectivity index (χ1) is 11.3. The molecule has 2 atom stereocenters. The van der Waals surface area contributed by atoms with Crippen molar-refractivity contribution < 1.29 is 24.2 Å². The maximum absolute atomic E-state index is 12.6. The molecule has 0 aliphatic carbocycles. The number of hydrogen-bond donors (Lipinski definition) is 1. The molecule has 1 saturated heterocycles. The maximum atomic E-state index is 12.6. The highest BCUT2D eigenvalue weighted by Gasteiger charge is 2.32. The van der Waals surface area contributed by atoms with Gasteiger partial charge in [0.15, 0.2) is 12.2 Å². The van der Waals surface area contributed by atoms with Crippen LogP contribution in [0.2, 0.25) is 0 Å². The van der Waals surface area contributed by atoms with Gasteiger partial charge in [0, 0.05) is 6.54 Å². The minimum Gasteiger partial charge on any atom is -0.481 e. The number of carboxylic acids is 1. The third kappa shape index (κ3) is 4.26. The summed E-state index contributed by atoms with van der Waals surface area (Å²) in [6, 6.07) is 5.97. The number of benzene rings is 1. The first-order valence-electron chi connectivity index (χ1n) is 8.20. The number of aryl methyl sites for hydroxylation is 1. The topological polar surface area (TPSA) is 76.1 Å². The number of amides is 1. The van der Waals surface area contributed by atoms with Gasteiger partial charge in [-0.15, -0.1) is 0 Å². The number of carbonyl (C=O) groups excluding carboxylic acids is 1. The van der Waals surface area contributed by atoms with Crippen LogP contribution in [0.15, 0.2) is 18.2 Å². The Hall–Kier alpha value is -2.08. The summed E-state index contributed by atoms with van der Waals surface area (Å²) < 4.78 is 11.1. The van der Waals surface area contributed by atoms with Crippen molar-refractivity contribution in [2.75, 3.05) is 19.7 Å². The number of carboxylic acid groups (broad SMARTS) is 1. The summed E-state index contributed by atoms with van der Waals surface area (Å²) in [5.41, 5.74) is 2.11. The number of hydrogen-bond acceptors (Lipinski definition) is 4. The SMILES string of the molecule is Cc1ccc(C(C)C)c(OC(C)C(=O)N2CCOC(C(=O)O)C2)c1. The Kier molecular flexibility index (Phi) is 5.83. The average Bonchev–Trinajstić information content (AvgIpc) is 2.54. The standard InChI is InChI=1S/C18H25NO5/c1-11(2)14-6-5-12(3)9-15(14)24-13(4)17(20)19-7-8-23-16(10-19)18(21)22/h5-6,9,11,13,16H,7-8,10H2,1-4H3,(H,21,22). The van der Waals surface area contributed by atoms with Gasteiger partial charge in [-0.2, -0.15) is 0 Å². The van der Waals surface area contributed by atoms with Crippen molar-refractivity contribution >= 4 is 11.9 Å². The monoisotopic (exact) mass is 335 g/mol. The van der Waals surface area contributed by atoms with E-state index >= 15 is 0 Å². The van der Waals surface area contributed by atoms with Crippen molar-refractivity contribution in [3.8, 4) is 5.75 Å². The second-order valence-electron chi connectivity index (χ2n) is 6.44. The lowest BCUT2D eigenvalue weighted by molar-refractivity contribution is -0.161. The fraction of sp³-hybridized carbons (Fsp3) is 0.556. The highest BCUT2D eigenvalue weighted by atomic mass is 16.5. The number of rotatable bonds is 5. The molecule has 6 nitrogen and oxygen atoms in total. The van der Waals surface area contributed by atoms with E-state index < -0.39 is 18.2 Å². The Morgan fingerprint density at radius 3 is 2.67 bits per heavy atom. The van der Waals surface area contributed by atoms with E-state index in [2.05, 4.69) is 13.8 Å². The van der Waals surface area contributed by atoms with Crippen molar-refractivity contribution in [3.63, 3.8) is 0 Å². The fourth-order valence-corrected chi connectivity index (χ4v) is 2.72. The van der Waals surface area contributed by atoms with Gasteiger partial charge < -0.3 is 19.5 Å². The van der Waals surface area contributed by atoms with E-state index in [1.807, 2.05) is 25.1 Å². The van der Waals surface area contributed by atoms with E-state index in [4.69, 9.17) is 14.6 Å². The average molecular weight is 335 g/mol. The molecule has 0 aromatic heterocycles. The van der Waals surface area contributed by atoms with Crippen LogP contribution in [0.5, 0.6) is 5.75 Å². The summed E-state index contributed by atoms with van der Waals surface area (Å²) >= 11 is 0. The predicted molar refractivity (Wildman–Crippen MR) is 89.3 cm³/mol. The Morgan fingerprint density at radius 1 is 1.33 bits per heavy atom. The predicted octanol–water partition coefficient (Wildman–Crippen LogP) is 2.20. The van der Waals surface area contributed by atoms with Gasteiger partial charge in [-0.25, -0.2) is 4.79 Å². The van der Waals surface area contributed by atoms with Crippen molar-refractivity contribution in [1.82, 2.24) is 4.90 Å². The van der Waals surface area contributed by atoms with Crippen molar-refractivity contribution in [1.29, 1.82) is 0 Å². The van der Waals surface area contributed by atoms with Crippen molar-refractivity contribution in [3.05, 3.63) is 29.3 Å². The molecular formula is C18H25NO5. The van der Waals surface area contributed by atoms with Crippen molar-refractivity contribution in [2.45, 2.75) is 45.8 Å². The number of ether oxygens (including phenoxy) is 2. The van der Waals surface area contributed by atoms with E-state index in [0.29, 0.717) is 12.3 Å². The summed E-state index contributed by atoms with van der Waals surface area (Å²) in [6.07, 6.45) is -1.66. The highest BCUT2D eigenvalue weighted by molar-refractivity contribution is 5.82. The van der Waals surface area contributed by atoms with Gasteiger partial charge in [0.2, 0.25) is 0 Å². The second-order valence-corrected chi connectivity index (χ2v) is 6.44. The lowest BCUT2D eigenvalue weighted by Crippen LogP contribution is -2.51. The lowest BCUT2D eigenvalue weighted by Gasteiger charge is -2.32. The molecule has 1 fully saturated rings. The largest absolute Gasteiger partial charge is 0.481 e. The fourth-order valence-electron chi connectivity index (χ4n) is 2.72. The number of nitrogens with zero attached hydrogens (tertiary/aromatic N) is 1. The van der Waals surface area contributed by atoms with Crippen LogP contribution >= 0.6 is 0 Å². The van der Waals surface area contributed by atoms with Crippen LogP contribution in [0.4, 0.5) is 0 Å². The van der Waals surface area contributed by atoms with Gasteiger partial charge in [0.1, 0.15) is 5.75 Å². The molecule has 1 aromatic rings. The first-order valence-corrected chi connectivity index (χ1v) is 8.20. The Bertz CT molecular complexity index is 613. The zero-order valence-corrected chi connectivity index (χ0v) is 14.6. The van der Waals surface area contributed by atoms with Crippen LogP contribution in [0.3, 0.4) is 0 Å². The molecule has 1 N–H and O–H groups in total. The number of carbonyl (C=O) groups is 2. The Balaban J connectivity index is 2.09. The zero-order chi connectivity index (χ0) is 17.9. The smallest absolute Gasteiger partial charge is 0.334 e. The van der Waals surface area contributed by atoms with Gasteiger partial charge in [-0.05, 0) is 37.0 Å². The molecule has 0 saturated carbocycles. The quantitative estimate of drug-likeness (QED) is 0.893. The summed E-state index contributed by atoms with van der Waals surface area (Å²) in [7, 11) is 0. The molecule has 1 aliphatic heterocycles. The molecule has 0 bridgehead atoms. The van der Waals surface area contributed by atoms with Crippen LogP contribution in [0.25, 0.3) is 0 Å². The highest BCUT2D eigenvalue weighted by Crippen LogP contribution is 2.28. The van der Waals surface area contributed by atoms with Gasteiger partial charge in [-0.1, -0.05) is 26.0 Å². The van der Waals surface area contributed by atoms with Crippen LogP contribution < -0.4 is 4.74 Å². The van der Waals surface area contributed by atoms with Gasteiger partial charge in [0.25, 0.3) is 5.91 Å². The first kappa shape index (κ1) is 18.3. The molecule has 0 radical (unpaired) electrons. The number of aliphatic carboxylic acids is 1. The molecular weight excluding hydrogens is 310 g/mol.